The molecule has 2 aromatic carbocycles. The van der Waals surface area contributed by atoms with E-state index in [0.29, 0.717) is 36.8 Å². The van der Waals surface area contributed by atoms with Crippen LogP contribution in [0.2, 0.25) is 0 Å². The Kier molecular flexibility index (Phi) is 4.00. The predicted molar refractivity (Wildman–Crippen MR) is 101 cm³/mol. The number of carbonyl (C=O) groups is 2. The average molecular weight is 379 g/mol. The maximum atomic E-state index is 13.9. The SMILES string of the molecule is O=C1O[C@]2(CC[C@H](C(=O)N[C@@H]3C[C@H]3c3ccccc3F)CC2)c2ccccc21. The molecule has 5 heteroatoms. The van der Waals surface area contributed by atoms with Gasteiger partial charge in [-0.1, -0.05) is 36.4 Å². The van der Waals surface area contributed by atoms with Crippen molar-refractivity contribution in [2.45, 2.75) is 49.7 Å². The molecule has 2 aliphatic carbocycles. The number of rotatable bonds is 3. The second-order valence-electron chi connectivity index (χ2n) is 8.18. The first-order chi connectivity index (χ1) is 13.6. The van der Waals surface area contributed by atoms with E-state index < -0.39 is 5.60 Å². The molecular weight excluding hydrogens is 357 g/mol. The van der Waals surface area contributed by atoms with Gasteiger partial charge in [-0.2, -0.15) is 0 Å². The van der Waals surface area contributed by atoms with Gasteiger partial charge in [0.1, 0.15) is 11.4 Å². The molecule has 2 atom stereocenters. The molecule has 0 unspecified atom stereocenters. The van der Waals surface area contributed by atoms with Crippen LogP contribution in [0.5, 0.6) is 0 Å². The van der Waals surface area contributed by atoms with Gasteiger partial charge in [-0.3, -0.25) is 4.79 Å². The monoisotopic (exact) mass is 379 g/mol. The van der Waals surface area contributed by atoms with Gasteiger partial charge in [0.25, 0.3) is 0 Å². The fourth-order valence-electron chi connectivity index (χ4n) is 4.84. The van der Waals surface area contributed by atoms with E-state index in [1.807, 2.05) is 24.3 Å². The van der Waals surface area contributed by atoms with Gasteiger partial charge < -0.3 is 10.1 Å². The Labute approximate surface area is 163 Å². The van der Waals surface area contributed by atoms with E-state index in [1.54, 1.807) is 18.2 Å². The summed E-state index contributed by atoms with van der Waals surface area (Å²) in [7, 11) is 0. The maximum absolute atomic E-state index is 13.9. The molecule has 144 valence electrons. The molecule has 2 fully saturated rings. The molecule has 0 saturated heterocycles. The number of hydrogen-bond donors (Lipinski definition) is 1. The second kappa shape index (κ2) is 6.43. The molecule has 1 spiro atoms. The number of benzene rings is 2. The van der Waals surface area contributed by atoms with Crippen molar-refractivity contribution < 1.29 is 18.7 Å². The second-order valence-corrected chi connectivity index (χ2v) is 8.18. The highest BCUT2D eigenvalue weighted by Crippen LogP contribution is 2.48. The summed E-state index contributed by atoms with van der Waals surface area (Å²) in [5.41, 5.74) is 1.72. The van der Waals surface area contributed by atoms with Crippen LogP contribution in [0.15, 0.2) is 48.5 Å². The molecule has 28 heavy (non-hydrogen) atoms. The Morgan fingerprint density at radius 3 is 2.57 bits per heavy atom. The van der Waals surface area contributed by atoms with Gasteiger partial charge in [-0.25, -0.2) is 9.18 Å². The molecule has 2 saturated carbocycles. The van der Waals surface area contributed by atoms with Crippen LogP contribution in [0.25, 0.3) is 0 Å². The highest BCUT2D eigenvalue weighted by atomic mass is 19.1. The molecule has 3 aliphatic rings. The first-order valence-corrected chi connectivity index (χ1v) is 9.95. The first kappa shape index (κ1) is 17.4. The van der Waals surface area contributed by atoms with Crippen LogP contribution in [-0.4, -0.2) is 17.9 Å². The molecule has 1 amide bonds. The quantitative estimate of drug-likeness (QED) is 0.819. The van der Waals surface area contributed by atoms with Crippen molar-refractivity contribution in [3.05, 3.63) is 71.0 Å². The highest BCUT2D eigenvalue weighted by molar-refractivity contribution is 5.94. The summed E-state index contributed by atoms with van der Waals surface area (Å²) in [6, 6.07) is 14.3. The number of nitrogens with one attached hydrogen (secondary N) is 1. The standard InChI is InChI=1S/C23H22FNO3/c24-19-8-4-2-5-15(19)17-13-20(17)25-21(26)14-9-11-23(12-10-14)18-7-3-1-6-16(18)22(27)28-23/h1-8,14,17,20H,9-13H2,(H,25,26)/t14-,17-,20+,23-/m0/s1. The molecule has 0 radical (unpaired) electrons. The summed E-state index contributed by atoms with van der Waals surface area (Å²) in [6.45, 7) is 0. The highest BCUT2D eigenvalue weighted by Gasteiger charge is 2.49. The van der Waals surface area contributed by atoms with Crippen LogP contribution in [0, 0.1) is 11.7 Å². The lowest BCUT2D eigenvalue weighted by Gasteiger charge is -2.36. The molecule has 2 aromatic rings. The number of amides is 1. The number of carbonyl (C=O) groups excluding carboxylic acids is 2. The third-order valence-electron chi connectivity index (χ3n) is 6.51. The zero-order chi connectivity index (χ0) is 19.3. The van der Waals surface area contributed by atoms with Crippen LogP contribution in [0.1, 0.15) is 59.5 Å². The minimum atomic E-state index is -0.570. The van der Waals surface area contributed by atoms with E-state index in [9.17, 15) is 14.0 Å². The topological polar surface area (TPSA) is 55.4 Å². The van der Waals surface area contributed by atoms with Gasteiger partial charge in [0, 0.05) is 23.4 Å². The molecule has 4 nitrogen and oxygen atoms in total. The molecule has 1 heterocycles. The summed E-state index contributed by atoms with van der Waals surface area (Å²) in [5, 5.41) is 3.09. The van der Waals surface area contributed by atoms with Crippen LogP contribution in [0.3, 0.4) is 0 Å². The first-order valence-electron chi connectivity index (χ1n) is 9.95. The van der Waals surface area contributed by atoms with Gasteiger partial charge in [-0.05, 0) is 49.8 Å². The van der Waals surface area contributed by atoms with E-state index in [2.05, 4.69) is 5.32 Å². The van der Waals surface area contributed by atoms with Gasteiger partial charge in [0.15, 0.2) is 0 Å². The third kappa shape index (κ3) is 2.81. The lowest BCUT2D eigenvalue weighted by atomic mass is 9.74. The van der Waals surface area contributed by atoms with Crippen molar-refractivity contribution in [3.8, 4) is 0 Å². The normalized spacial score (nSPS) is 30.6. The van der Waals surface area contributed by atoms with E-state index in [4.69, 9.17) is 4.74 Å². The Morgan fingerprint density at radius 2 is 1.79 bits per heavy atom. The zero-order valence-electron chi connectivity index (χ0n) is 15.5. The summed E-state index contributed by atoms with van der Waals surface area (Å²) in [5.74, 6) is -0.437. The summed E-state index contributed by atoms with van der Waals surface area (Å²) < 4.78 is 19.7. The zero-order valence-corrected chi connectivity index (χ0v) is 15.5. The Bertz CT molecular complexity index is 948. The molecule has 1 N–H and O–H groups in total. The lowest BCUT2D eigenvalue weighted by Crippen LogP contribution is -2.39. The molecule has 5 rings (SSSR count). The molecule has 0 bridgehead atoms. The number of halogens is 1. The average Bonchev–Trinajstić information content (AvgIpc) is 3.41. The van der Waals surface area contributed by atoms with Crippen molar-refractivity contribution in [1.82, 2.24) is 5.32 Å². The molecular formula is C23H22FNO3. The van der Waals surface area contributed by atoms with Gasteiger partial charge in [0.2, 0.25) is 5.91 Å². The maximum Gasteiger partial charge on any atom is 0.339 e. The van der Waals surface area contributed by atoms with Gasteiger partial charge in [-0.15, -0.1) is 0 Å². The van der Waals surface area contributed by atoms with Gasteiger partial charge in [0.05, 0.1) is 5.56 Å². The van der Waals surface area contributed by atoms with Crippen molar-refractivity contribution in [3.63, 3.8) is 0 Å². The summed E-state index contributed by atoms with van der Waals surface area (Å²) >= 11 is 0. The van der Waals surface area contributed by atoms with Crippen LogP contribution in [-0.2, 0) is 15.1 Å². The van der Waals surface area contributed by atoms with Crippen LogP contribution >= 0.6 is 0 Å². The minimum absolute atomic E-state index is 0.0188. The Balaban J connectivity index is 1.21. The number of esters is 1. The summed E-state index contributed by atoms with van der Waals surface area (Å²) in [6.07, 6.45) is 3.48. The molecule has 0 aromatic heterocycles. The van der Waals surface area contributed by atoms with E-state index in [-0.39, 0.29) is 35.6 Å². The van der Waals surface area contributed by atoms with E-state index >= 15 is 0 Å². The number of fused-ring (bicyclic) bond motifs is 2. The Morgan fingerprint density at radius 1 is 1.07 bits per heavy atom. The van der Waals surface area contributed by atoms with Crippen molar-refractivity contribution in [2.24, 2.45) is 5.92 Å². The van der Waals surface area contributed by atoms with Crippen molar-refractivity contribution >= 4 is 11.9 Å². The minimum Gasteiger partial charge on any atom is -0.451 e. The van der Waals surface area contributed by atoms with Crippen LogP contribution < -0.4 is 5.32 Å². The largest absolute Gasteiger partial charge is 0.451 e. The number of ether oxygens (including phenoxy) is 1. The lowest BCUT2D eigenvalue weighted by molar-refractivity contribution is -0.128. The van der Waals surface area contributed by atoms with Crippen molar-refractivity contribution in [2.75, 3.05) is 0 Å². The smallest absolute Gasteiger partial charge is 0.339 e. The van der Waals surface area contributed by atoms with E-state index in [1.165, 1.54) is 6.07 Å². The fourth-order valence-corrected chi connectivity index (χ4v) is 4.84. The van der Waals surface area contributed by atoms with Crippen molar-refractivity contribution in [1.29, 1.82) is 0 Å². The third-order valence-corrected chi connectivity index (χ3v) is 6.51. The predicted octanol–water partition coefficient (Wildman–Crippen LogP) is 4.05. The van der Waals surface area contributed by atoms with Gasteiger partial charge >= 0.3 is 5.97 Å². The molecule has 1 aliphatic heterocycles. The Hall–Kier alpha value is -2.69. The fraction of sp³-hybridized carbons (Fsp3) is 0.391. The van der Waals surface area contributed by atoms with Crippen LogP contribution in [0.4, 0.5) is 4.39 Å². The summed E-state index contributed by atoms with van der Waals surface area (Å²) in [4.78, 5) is 24.9. The number of hydrogen-bond acceptors (Lipinski definition) is 3. The van der Waals surface area contributed by atoms with E-state index in [0.717, 1.165) is 12.0 Å².